The normalized spacial score (nSPS) is 12.2. The van der Waals surface area contributed by atoms with Crippen molar-refractivity contribution >= 4 is 50.5 Å². The summed E-state index contributed by atoms with van der Waals surface area (Å²) in [5, 5.41) is 4.68. The van der Waals surface area contributed by atoms with Crippen molar-refractivity contribution in [2.75, 3.05) is 6.61 Å². The van der Waals surface area contributed by atoms with Crippen molar-refractivity contribution < 1.29 is 9.53 Å². The predicted octanol–water partition coefficient (Wildman–Crippen LogP) is 6.10. The van der Waals surface area contributed by atoms with Crippen LogP contribution in [0.3, 0.4) is 0 Å². The van der Waals surface area contributed by atoms with E-state index in [0.717, 1.165) is 21.4 Å². The molecule has 3 nitrogen and oxygen atoms in total. The molecule has 0 saturated carbocycles. The minimum Gasteiger partial charge on any atom is -0.494 e. The zero-order chi connectivity index (χ0) is 18.0. The van der Waals surface area contributed by atoms with Crippen molar-refractivity contribution in [1.82, 2.24) is 5.32 Å². The summed E-state index contributed by atoms with van der Waals surface area (Å²) in [6, 6.07) is 13.1. The highest BCUT2D eigenvalue weighted by Gasteiger charge is 2.20. The molecule has 1 amide bonds. The minimum absolute atomic E-state index is 0.153. The quantitative estimate of drug-likeness (QED) is 0.568. The highest BCUT2D eigenvalue weighted by Crippen LogP contribution is 2.39. The number of carbonyl (C=O) groups excluding carboxylic acids is 1. The van der Waals surface area contributed by atoms with Gasteiger partial charge in [-0.3, -0.25) is 4.79 Å². The summed E-state index contributed by atoms with van der Waals surface area (Å²) < 4.78 is 6.34. The predicted molar refractivity (Wildman–Crippen MR) is 105 cm³/mol. The number of fused-ring (bicyclic) bond motifs is 1. The number of rotatable bonds is 5. The van der Waals surface area contributed by atoms with Gasteiger partial charge in [0, 0.05) is 10.1 Å². The summed E-state index contributed by atoms with van der Waals surface area (Å²) in [7, 11) is 0. The average Bonchev–Trinajstić information content (AvgIpc) is 2.94. The Bertz CT molecular complexity index is 906. The Morgan fingerprint density at radius 1 is 1.20 bits per heavy atom. The first-order valence-electron chi connectivity index (χ1n) is 7.91. The number of halogens is 2. The fourth-order valence-corrected chi connectivity index (χ4v) is 4.44. The fraction of sp³-hybridized carbons (Fsp3) is 0.211. The lowest BCUT2D eigenvalue weighted by molar-refractivity contribution is 0.0944. The molecule has 1 atom stereocenters. The lowest BCUT2D eigenvalue weighted by Gasteiger charge is -2.14. The number of amides is 1. The van der Waals surface area contributed by atoms with Crippen LogP contribution in [0.5, 0.6) is 5.75 Å². The number of nitrogens with one attached hydrogen (secondary N) is 1. The van der Waals surface area contributed by atoms with Gasteiger partial charge in [0.25, 0.3) is 5.91 Å². The summed E-state index contributed by atoms with van der Waals surface area (Å²) in [5.74, 6) is 0.607. The number of hydrogen-bond acceptors (Lipinski definition) is 3. The van der Waals surface area contributed by atoms with E-state index >= 15 is 0 Å². The Morgan fingerprint density at radius 2 is 1.92 bits per heavy atom. The van der Waals surface area contributed by atoms with E-state index in [1.165, 1.54) is 11.3 Å². The molecule has 1 N–H and O–H groups in total. The Morgan fingerprint density at radius 3 is 2.56 bits per heavy atom. The molecule has 0 aliphatic heterocycles. The number of benzene rings is 2. The molecule has 0 radical (unpaired) electrons. The van der Waals surface area contributed by atoms with Crippen LogP contribution in [0.15, 0.2) is 42.5 Å². The maximum Gasteiger partial charge on any atom is 0.263 e. The van der Waals surface area contributed by atoms with E-state index in [0.29, 0.717) is 21.5 Å². The lowest BCUT2D eigenvalue weighted by Crippen LogP contribution is -2.26. The van der Waals surface area contributed by atoms with Crippen LogP contribution in [0.25, 0.3) is 10.1 Å². The highest BCUT2D eigenvalue weighted by molar-refractivity contribution is 7.21. The molecule has 0 spiro atoms. The van der Waals surface area contributed by atoms with Crippen LogP contribution in [0.2, 0.25) is 10.0 Å². The van der Waals surface area contributed by atoms with Gasteiger partial charge in [-0.25, -0.2) is 0 Å². The standard InChI is InChI=1S/C19H17Cl2NO2S/c1-3-24-13-9-7-12(8-10-13)11(2)22-19(23)18-17(21)16-14(20)5-4-6-15(16)25-18/h4-11H,3H2,1-2H3,(H,22,23)/t11-/m0/s1. The zero-order valence-corrected chi connectivity index (χ0v) is 16.1. The van der Waals surface area contributed by atoms with Gasteiger partial charge in [0.15, 0.2) is 0 Å². The number of thiophene rings is 1. The largest absolute Gasteiger partial charge is 0.494 e. The van der Waals surface area contributed by atoms with Crippen molar-refractivity contribution in [3.8, 4) is 5.75 Å². The van der Waals surface area contributed by atoms with Crippen LogP contribution in [-0.4, -0.2) is 12.5 Å². The van der Waals surface area contributed by atoms with Crippen LogP contribution in [0.1, 0.15) is 35.1 Å². The summed E-state index contributed by atoms with van der Waals surface area (Å²) in [5.41, 5.74) is 0.993. The van der Waals surface area contributed by atoms with Gasteiger partial charge in [-0.15, -0.1) is 11.3 Å². The van der Waals surface area contributed by atoms with Gasteiger partial charge < -0.3 is 10.1 Å². The van der Waals surface area contributed by atoms with E-state index < -0.39 is 0 Å². The van der Waals surface area contributed by atoms with Crippen LogP contribution in [0.4, 0.5) is 0 Å². The number of hydrogen-bond donors (Lipinski definition) is 1. The molecule has 25 heavy (non-hydrogen) atoms. The van der Waals surface area contributed by atoms with Crippen LogP contribution in [0, 0.1) is 0 Å². The van der Waals surface area contributed by atoms with E-state index in [4.69, 9.17) is 27.9 Å². The summed E-state index contributed by atoms with van der Waals surface area (Å²) >= 11 is 13.9. The van der Waals surface area contributed by atoms with Crippen molar-refractivity contribution in [2.45, 2.75) is 19.9 Å². The fourth-order valence-electron chi connectivity index (χ4n) is 2.58. The SMILES string of the molecule is CCOc1ccc([C@H](C)NC(=O)c2sc3cccc(Cl)c3c2Cl)cc1. The topological polar surface area (TPSA) is 38.3 Å². The maximum absolute atomic E-state index is 12.6. The molecule has 130 valence electrons. The number of carbonyl (C=O) groups is 1. The zero-order valence-electron chi connectivity index (χ0n) is 13.8. The van der Waals surface area contributed by atoms with Gasteiger partial charge in [-0.05, 0) is 43.7 Å². The molecule has 1 heterocycles. The van der Waals surface area contributed by atoms with Gasteiger partial charge >= 0.3 is 0 Å². The molecule has 3 rings (SSSR count). The Hall–Kier alpha value is -1.75. The third-order valence-electron chi connectivity index (χ3n) is 3.85. The van der Waals surface area contributed by atoms with Gasteiger partial charge in [0.2, 0.25) is 0 Å². The molecule has 3 aromatic rings. The van der Waals surface area contributed by atoms with Gasteiger partial charge in [0.1, 0.15) is 10.6 Å². The van der Waals surface area contributed by atoms with Gasteiger partial charge in [-0.1, -0.05) is 41.4 Å². The molecule has 0 unspecified atom stereocenters. The highest BCUT2D eigenvalue weighted by atomic mass is 35.5. The minimum atomic E-state index is -0.205. The van der Waals surface area contributed by atoms with E-state index in [9.17, 15) is 4.79 Å². The smallest absolute Gasteiger partial charge is 0.263 e. The third kappa shape index (κ3) is 3.76. The number of ether oxygens (including phenoxy) is 1. The Kier molecular flexibility index (Phi) is 5.52. The van der Waals surface area contributed by atoms with E-state index in [2.05, 4.69) is 5.32 Å². The van der Waals surface area contributed by atoms with Crippen molar-refractivity contribution in [1.29, 1.82) is 0 Å². The van der Waals surface area contributed by atoms with E-state index in [1.54, 1.807) is 6.07 Å². The molecule has 0 aliphatic carbocycles. The first-order valence-corrected chi connectivity index (χ1v) is 9.48. The summed E-state index contributed by atoms with van der Waals surface area (Å²) in [6.07, 6.45) is 0. The van der Waals surface area contributed by atoms with Crippen molar-refractivity contribution in [3.63, 3.8) is 0 Å². The molecule has 2 aromatic carbocycles. The first kappa shape index (κ1) is 18.1. The lowest BCUT2D eigenvalue weighted by atomic mass is 10.1. The average molecular weight is 394 g/mol. The van der Waals surface area contributed by atoms with Crippen LogP contribution < -0.4 is 10.1 Å². The first-order chi connectivity index (χ1) is 12.0. The Balaban J connectivity index is 1.80. The summed E-state index contributed by atoms with van der Waals surface area (Å²) in [6.45, 7) is 4.50. The Labute approximate surface area is 160 Å². The van der Waals surface area contributed by atoms with Gasteiger partial charge in [-0.2, -0.15) is 0 Å². The second kappa shape index (κ2) is 7.65. The van der Waals surface area contributed by atoms with Crippen molar-refractivity contribution in [3.05, 3.63) is 63.0 Å². The second-order valence-electron chi connectivity index (χ2n) is 5.56. The molecular weight excluding hydrogens is 377 g/mol. The molecule has 0 fully saturated rings. The third-order valence-corrected chi connectivity index (χ3v) is 5.81. The van der Waals surface area contributed by atoms with Crippen molar-refractivity contribution in [2.24, 2.45) is 0 Å². The summed E-state index contributed by atoms with van der Waals surface area (Å²) in [4.78, 5) is 13.1. The van der Waals surface area contributed by atoms with Gasteiger partial charge in [0.05, 0.1) is 22.7 Å². The molecule has 6 heteroatoms. The van der Waals surface area contributed by atoms with Crippen LogP contribution in [-0.2, 0) is 0 Å². The monoisotopic (exact) mass is 393 g/mol. The maximum atomic E-state index is 12.6. The molecule has 0 saturated heterocycles. The molecule has 1 aromatic heterocycles. The molecule has 0 aliphatic rings. The van der Waals surface area contributed by atoms with E-state index in [-0.39, 0.29) is 11.9 Å². The molecule has 0 bridgehead atoms. The van der Waals surface area contributed by atoms with Crippen LogP contribution >= 0.6 is 34.5 Å². The molecular formula is C19H17Cl2NO2S. The van der Waals surface area contributed by atoms with E-state index in [1.807, 2.05) is 50.2 Å². The second-order valence-corrected chi connectivity index (χ2v) is 7.39.